The molecule has 0 aliphatic carbocycles. The summed E-state index contributed by atoms with van der Waals surface area (Å²) in [4.78, 5) is 4.45. The van der Waals surface area contributed by atoms with Gasteiger partial charge >= 0.3 is 0 Å². The van der Waals surface area contributed by atoms with E-state index >= 15 is 0 Å². The first-order valence-corrected chi connectivity index (χ1v) is 6.50. The predicted molar refractivity (Wildman–Crippen MR) is 69.0 cm³/mol. The van der Waals surface area contributed by atoms with Gasteiger partial charge in [0.15, 0.2) is 11.6 Å². The average Bonchev–Trinajstić information content (AvgIpc) is 2.89. The molecule has 18 heavy (non-hydrogen) atoms. The summed E-state index contributed by atoms with van der Waals surface area (Å²) >= 11 is 3.43. The number of aromatic nitrogens is 3. The molecule has 1 aromatic heterocycles. The molecule has 6 heteroatoms. The maximum absolute atomic E-state index is 5.57. The van der Waals surface area contributed by atoms with Crippen LogP contribution in [-0.2, 0) is 9.47 Å². The van der Waals surface area contributed by atoms with E-state index in [-0.39, 0.29) is 6.10 Å². The minimum absolute atomic E-state index is 0.146. The van der Waals surface area contributed by atoms with Crippen LogP contribution < -0.4 is 0 Å². The van der Waals surface area contributed by atoms with Crippen LogP contribution in [0.15, 0.2) is 28.7 Å². The van der Waals surface area contributed by atoms with Crippen LogP contribution in [0.1, 0.15) is 11.9 Å². The van der Waals surface area contributed by atoms with Crippen molar-refractivity contribution in [2.24, 2.45) is 0 Å². The molecule has 0 amide bonds. The Morgan fingerprint density at radius 3 is 3.06 bits per heavy atom. The maximum atomic E-state index is 5.57. The zero-order valence-corrected chi connectivity index (χ0v) is 11.2. The normalized spacial score (nSPS) is 19.9. The number of H-pyrrole nitrogens is 1. The SMILES string of the molecule is Brc1cccc(-c2n[nH]c(C3COCCO3)n2)c1. The Balaban J connectivity index is 1.84. The van der Waals surface area contributed by atoms with Crippen molar-refractivity contribution in [1.29, 1.82) is 0 Å². The number of nitrogens with zero attached hydrogens (tertiary/aromatic N) is 2. The van der Waals surface area contributed by atoms with E-state index in [9.17, 15) is 0 Å². The van der Waals surface area contributed by atoms with E-state index in [4.69, 9.17) is 9.47 Å². The molecular weight excluding hydrogens is 298 g/mol. The van der Waals surface area contributed by atoms with Crippen LogP contribution >= 0.6 is 15.9 Å². The fraction of sp³-hybridized carbons (Fsp3) is 0.333. The van der Waals surface area contributed by atoms with Gasteiger partial charge in [0.25, 0.3) is 0 Å². The summed E-state index contributed by atoms with van der Waals surface area (Å²) in [6.07, 6.45) is -0.146. The van der Waals surface area contributed by atoms with Gasteiger partial charge in [0, 0.05) is 10.0 Å². The summed E-state index contributed by atoms with van der Waals surface area (Å²) in [7, 11) is 0. The van der Waals surface area contributed by atoms with Crippen LogP contribution in [0.25, 0.3) is 11.4 Å². The number of halogens is 1. The number of hydrogen-bond donors (Lipinski definition) is 1. The first-order valence-electron chi connectivity index (χ1n) is 5.70. The topological polar surface area (TPSA) is 60.0 Å². The third-order valence-electron chi connectivity index (χ3n) is 2.71. The van der Waals surface area contributed by atoms with Crippen LogP contribution in [0.5, 0.6) is 0 Å². The highest BCUT2D eigenvalue weighted by Crippen LogP contribution is 2.22. The Bertz CT molecular complexity index is 538. The minimum atomic E-state index is -0.146. The molecule has 0 bridgehead atoms. The van der Waals surface area contributed by atoms with E-state index in [0.717, 1.165) is 10.0 Å². The molecule has 1 aliphatic rings. The first kappa shape index (κ1) is 11.8. The second kappa shape index (κ2) is 5.17. The van der Waals surface area contributed by atoms with Crippen LogP contribution in [0.4, 0.5) is 0 Å². The molecule has 1 aliphatic heterocycles. The molecular formula is C12H12BrN3O2. The highest BCUT2D eigenvalue weighted by molar-refractivity contribution is 9.10. The molecule has 1 saturated heterocycles. The first-order chi connectivity index (χ1) is 8.83. The number of rotatable bonds is 2. The monoisotopic (exact) mass is 309 g/mol. The van der Waals surface area contributed by atoms with Crippen LogP contribution in [-0.4, -0.2) is 35.0 Å². The van der Waals surface area contributed by atoms with Crippen LogP contribution in [0.3, 0.4) is 0 Å². The Labute approximate surface area is 113 Å². The summed E-state index contributed by atoms with van der Waals surface area (Å²) in [5, 5.41) is 7.12. The lowest BCUT2D eigenvalue weighted by Gasteiger charge is -2.20. The summed E-state index contributed by atoms with van der Waals surface area (Å²) in [5.41, 5.74) is 0.962. The molecule has 1 N–H and O–H groups in total. The van der Waals surface area contributed by atoms with Crippen molar-refractivity contribution in [2.75, 3.05) is 19.8 Å². The molecule has 0 saturated carbocycles. The van der Waals surface area contributed by atoms with Gasteiger partial charge < -0.3 is 9.47 Å². The van der Waals surface area contributed by atoms with Crippen LogP contribution in [0, 0.1) is 0 Å². The van der Waals surface area contributed by atoms with Gasteiger partial charge in [0.1, 0.15) is 6.10 Å². The third-order valence-corrected chi connectivity index (χ3v) is 3.20. The Morgan fingerprint density at radius 2 is 2.28 bits per heavy atom. The van der Waals surface area contributed by atoms with Crippen molar-refractivity contribution in [1.82, 2.24) is 15.2 Å². The molecule has 1 fully saturated rings. The van der Waals surface area contributed by atoms with Crippen molar-refractivity contribution < 1.29 is 9.47 Å². The van der Waals surface area contributed by atoms with Gasteiger partial charge in [-0.3, -0.25) is 5.10 Å². The smallest absolute Gasteiger partial charge is 0.181 e. The van der Waals surface area contributed by atoms with Crippen molar-refractivity contribution in [3.8, 4) is 11.4 Å². The highest BCUT2D eigenvalue weighted by Gasteiger charge is 2.20. The molecule has 2 aromatic rings. The van der Waals surface area contributed by atoms with Crippen molar-refractivity contribution in [3.63, 3.8) is 0 Å². The lowest BCUT2D eigenvalue weighted by molar-refractivity contribution is -0.0933. The van der Waals surface area contributed by atoms with Crippen molar-refractivity contribution in [3.05, 3.63) is 34.6 Å². The fourth-order valence-corrected chi connectivity index (χ4v) is 2.22. The Kier molecular flexibility index (Phi) is 3.40. The maximum Gasteiger partial charge on any atom is 0.181 e. The molecule has 5 nitrogen and oxygen atoms in total. The van der Waals surface area contributed by atoms with E-state index in [0.29, 0.717) is 31.5 Å². The average molecular weight is 310 g/mol. The summed E-state index contributed by atoms with van der Waals surface area (Å²) in [6, 6.07) is 7.87. The molecule has 1 unspecified atom stereocenters. The van der Waals surface area contributed by atoms with E-state index < -0.39 is 0 Å². The fourth-order valence-electron chi connectivity index (χ4n) is 1.82. The molecule has 94 valence electrons. The van der Waals surface area contributed by atoms with Gasteiger partial charge in [0.2, 0.25) is 0 Å². The highest BCUT2D eigenvalue weighted by atomic mass is 79.9. The molecule has 3 rings (SSSR count). The van der Waals surface area contributed by atoms with Crippen molar-refractivity contribution in [2.45, 2.75) is 6.10 Å². The lowest BCUT2D eigenvalue weighted by atomic mass is 10.2. The standard InChI is InChI=1S/C12H12BrN3O2/c13-9-3-1-2-8(6-9)11-14-12(16-15-11)10-7-17-4-5-18-10/h1-3,6,10H,4-5,7H2,(H,14,15,16). The second-order valence-corrected chi connectivity index (χ2v) is 4.90. The third kappa shape index (κ3) is 2.45. The van der Waals surface area contributed by atoms with Gasteiger partial charge in [-0.2, -0.15) is 5.10 Å². The number of ether oxygens (including phenoxy) is 2. The van der Waals surface area contributed by atoms with Gasteiger partial charge in [-0.05, 0) is 12.1 Å². The molecule has 2 heterocycles. The largest absolute Gasteiger partial charge is 0.376 e. The predicted octanol–water partition coefficient (Wildman–Crippen LogP) is 2.32. The summed E-state index contributed by atoms with van der Waals surface area (Å²) in [6.45, 7) is 1.76. The number of hydrogen-bond acceptors (Lipinski definition) is 4. The van der Waals surface area contributed by atoms with Crippen LogP contribution in [0.2, 0.25) is 0 Å². The lowest BCUT2D eigenvalue weighted by Crippen LogP contribution is -2.22. The number of nitrogens with one attached hydrogen (secondary N) is 1. The van der Waals surface area contributed by atoms with E-state index in [1.165, 1.54) is 0 Å². The quantitative estimate of drug-likeness (QED) is 0.925. The van der Waals surface area contributed by atoms with E-state index in [1.54, 1.807) is 0 Å². The molecule has 1 atom stereocenters. The Morgan fingerprint density at radius 1 is 1.33 bits per heavy atom. The van der Waals surface area contributed by atoms with Gasteiger partial charge in [0.05, 0.1) is 19.8 Å². The zero-order chi connectivity index (χ0) is 12.4. The molecule has 0 spiro atoms. The Hall–Kier alpha value is -1.24. The number of benzene rings is 1. The second-order valence-electron chi connectivity index (χ2n) is 3.99. The van der Waals surface area contributed by atoms with Gasteiger partial charge in [-0.1, -0.05) is 28.1 Å². The van der Waals surface area contributed by atoms with E-state index in [1.807, 2.05) is 24.3 Å². The van der Waals surface area contributed by atoms with Gasteiger partial charge in [-0.15, -0.1) is 0 Å². The summed E-state index contributed by atoms with van der Waals surface area (Å²) < 4.78 is 11.9. The number of aromatic amines is 1. The van der Waals surface area contributed by atoms with Crippen molar-refractivity contribution >= 4 is 15.9 Å². The van der Waals surface area contributed by atoms with Gasteiger partial charge in [-0.25, -0.2) is 4.98 Å². The minimum Gasteiger partial charge on any atom is -0.376 e. The molecule has 0 radical (unpaired) electrons. The molecule has 1 aromatic carbocycles. The summed E-state index contributed by atoms with van der Waals surface area (Å²) in [5.74, 6) is 1.38. The zero-order valence-electron chi connectivity index (χ0n) is 9.60. The van der Waals surface area contributed by atoms with E-state index in [2.05, 4.69) is 31.1 Å².